The summed E-state index contributed by atoms with van der Waals surface area (Å²) in [6, 6.07) is 1.37. The summed E-state index contributed by atoms with van der Waals surface area (Å²) in [7, 11) is -1.02. The third-order valence-electron chi connectivity index (χ3n) is 1.41. The van der Waals surface area contributed by atoms with Crippen LogP contribution in [-0.2, 0) is 0 Å². The highest BCUT2D eigenvalue weighted by Gasteiger charge is 2.19. The van der Waals surface area contributed by atoms with E-state index in [2.05, 4.69) is 9.39 Å². The summed E-state index contributed by atoms with van der Waals surface area (Å²) in [5, 5.41) is 16.9. The largest absolute Gasteiger partial charge is 0.707 e. The van der Waals surface area contributed by atoms with Gasteiger partial charge < -0.3 is 19.4 Å². The molecule has 2 N–H and O–H groups in total. The van der Waals surface area contributed by atoms with Crippen molar-refractivity contribution in [1.29, 1.82) is 0 Å². The topological polar surface area (TPSA) is 58.9 Å². The van der Waals surface area contributed by atoms with E-state index in [-0.39, 0.29) is 5.75 Å². The van der Waals surface area contributed by atoms with Gasteiger partial charge in [0.1, 0.15) is 5.82 Å². The molecule has 76 valence electrons. The number of ether oxygens (including phenoxy) is 1. The zero-order valence-corrected chi connectivity index (χ0v) is 7.20. The van der Waals surface area contributed by atoms with E-state index in [1.54, 1.807) is 0 Å². The Balaban J connectivity index is 3.11. The van der Waals surface area contributed by atoms with Crippen LogP contribution < -0.4 is 9.39 Å². The molecule has 1 aromatic carbocycles. The second kappa shape index (κ2) is 4.25. The van der Waals surface area contributed by atoms with Gasteiger partial charge in [-0.25, -0.2) is 8.78 Å². The van der Waals surface area contributed by atoms with Crippen LogP contribution in [-0.4, -0.2) is 24.5 Å². The maximum Gasteiger partial charge on any atom is 0.707 e. The molecule has 1 aromatic rings. The van der Waals surface area contributed by atoms with Crippen molar-refractivity contribution in [2.75, 3.05) is 7.11 Å². The van der Waals surface area contributed by atoms with Gasteiger partial charge in [0.05, 0.1) is 7.11 Å². The number of hydrogen-bond acceptors (Lipinski definition) is 4. The molecule has 0 fully saturated rings. The average Bonchev–Trinajstić information content (AvgIpc) is 2.01. The van der Waals surface area contributed by atoms with Gasteiger partial charge in [-0.2, -0.15) is 0 Å². The van der Waals surface area contributed by atoms with Crippen molar-refractivity contribution < 1.29 is 28.2 Å². The van der Waals surface area contributed by atoms with E-state index < -0.39 is 24.7 Å². The number of rotatable bonds is 3. The van der Waals surface area contributed by atoms with Gasteiger partial charge in [-0.15, -0.1) is 0 Å². The standard InChI is InChI=1S/C7H7BF2O4/c1-13-7-5(10)2-4(9)3-6(7)14-8(11)12/h2-3,11-12H,1H3. The molecule has 0 amide bonds. The lowest BCUT2D eigenvalue weighted by Gasteiger charge is -2.10. The fourth-order valence-corrected chi connectivity index (χ4v) is 0.936. The lowest BCUT2D eigenvalue weighted by atomic mass is 10.2. The van der Waals surface area contributed by atoms with Crippen LogP contribution in [0.5, 0.6) is 11.5 Å². The predicted octanol–water partition coefficient (Wildman–Crippen LogP) is 0.322. The minimum Gasteiger partial charge on any atom is -0.509 e. The maximum absolute atomic E-state index is 13.0. The number of hydrogen-bond donors (Lipinski definition) is 2. The van der Waals surface area contributed by atoms with Crippen LogP contribution in [0.25, 0.3) is 0 Å². The van der Waals surface area contributed by atoms with E-state index in [1.165, 1.54) is 0 Å². The summed E-state index contributed by atoms with van der Waals surface area (Å²) in [5.74, 6) is -2.69. The normalized spacial score (nSPS) is 9.79. The maximum atomic E-state index is 13.0. The van der Waals surface area contributed by atoms with Crippen molar-refractivity contribution in [3.05, 3.63) is 23.8 Å². The Bertz CT molecular complexity index is 332. The van der Waals surface area contributed by atoms with Gasteiger partial charge in [0.2, 0.25) is 0 Å². The zero-order valence-electron chi connectivity index (χ0n) is 7.20. The molecule has 0 heterocycles. The van der Waals surface area contributed by atoms with Crippen LogP contribution in [0.3, 0.4) is 0 Å². The third kappa shape index (κ3) is 2.33. The molecular weight excluding hydrogens is 197 g/mol. The van der Waals surface area contributed by atoms with Crippen molar-refractivity contribution in [2.24, 2.45) is 0 Å². The van der Waals surface area contributed by atoms with E-state index in [9.17, 15) is 8.78 Å². The molecule has 4 nitrogen and oxygen atoms in total. The summed E-state index contributed by atoms with van der Waals surface area (Å²) in [6.07, 6.45) is 0. The summed E-state index contributed by atoms with van der Waals surface area (Å²) in [5.41, 5.74) is 0. The molecule has 14 heavy (non-hydrogen) atoms. The van der Waals surface area contributed by atoms with Gasteiger partial charge in [-0.05, 0) is 0 Å². The van der Waals surface area contributed by atoms with E-state index in [0.717, 1.165) is 13.2 Å². The number of benzene rings is 1. The first kappa shape index (κ1) is 10.7. The SMILES string of the molecule is COc1c(F)cc(F)cc1OB(O)O. The van der Waals surface area contributed by atoms with Crippen LogP contribution in [0.2, 0.25) is 0 Å². The second-order valence-corrected chi connectivity index (χ2v) is 2.36. The van der Waals surface area contributed by atoms with Crippen molar-refractivity contribution in [2.45, 2.75) is 0 Å². The van der Waals surface area contributed by atoms with Crippen molar-refractivity contribution in [1.82, 2.24) is 0 Å². The summed E-state index contributed by atoms with van der Waals surface area (Å²) < 4.78 is 34.5. The molecule has 0 radical (unpaired) electrons. The van der Waals surface area contributed by atoms with E-state index in [4.69, 9.17) is 10.0 Å². The molecule has 0 aliphatic rings. The van der Waals surface area contributed by atoms with Gasteiger partial charge >= 0.3 is 7.32 Å². The predicted molar refractivity (Wildman–Crippen MR) is 43.7 cm³/mol. The smallest absolute Gasteiger partial charge is 0.509 e. The fourth-order valence-electron chi connectivity index (χ4n) is 0.936. The lowest BCUT2D eigenvalue weighted by Crippen LogP contribution is -2.21. The van der Waals surface area contributed by atoms with Crippen LogP contribution in [0.15, 0.2) is 12.1 Å². The minimum atomic E-state index is -2.16. The molecule has 0 aromatic heterocycles. The van der Waals surface area contributed by atoms with Crippen LogP contribution in [0, 0.1) is 11.6 Å². The van der Waals surface area contributed by atoms with Crippen LogP contribution >= 0.6 is 0 Å². The van der Waals surface area contributed by atoms with Gasteiger partial charge in [-0.1, -0.05) is 0 Å². The molecule has 0 unspecified atom stereocenters. The Kier molecular flexibility index (Phi) is 3.26. The summed E-state index contributed by atoms with van der Waals surface area (Å²) in [6.45, 7) is 0. The first-order valence-electron chi connectivity index (χ1n) is 3.60. The third-order valence-corrected chi connectivity index (χ3v) is 1.41. The van der Waals surface area contributed by atoms with Gasteiger partial charge in [0.25, 0.3) is 0 Å². The molecule has 1 rings (SSSR count). The van der Waals surface area contributed by atoms with Gasteiger partial charge in [0.15, 0.2) is 17.3 Å². The molecule has 0 bridgehead atoms. The van der Waals surface area contributed by atoms with E-state index in [0.29, 0.717) is 6.07 Å². The molecule has 0 atom stereocenters. The van der Waals surface area contributed by atoms with Crippen molar-refractivity contribution in [3.63, 3.8) is 0 Å². The second-order valence-electron chi connectivity index (χ2n) is 2.36. The first-order chi connectivity index (χ1) is 6.54. The fraction of sp³-hybridized carbons (Fsp3) is 0.143. The first-order valence-corrected chi connectivity index (χ1v) is 3.60. The zero-order chi connectivity index (χ0) is 10.7. The Morgan fingerprint density at radius 1 is 1.29 bits per heavy atom. The Morgan fingerprint density at radius 2 is 1.93 bits per heavy atom. The van der Waals surface area contributed by atoms with Crippen LogP contribution in [0.1, 0.15) is 0 Å². The summed E-state index contributed by atoms with van der Waals surface area (Å²) in [4.78, 5) is 0. The van der Waals surface area contributed by atoms with E-state index in [1.807, 2.05) is 0 Å². The number of methoxy groups -OCH3 is 1. The van der Waals surface area contributed by atoms with Gasteiger partial charge in [0, 0.05) is 12.1 Å². The Labute approximate surface area is 78.9 Å². The highest BCUT2D eigenvalue weighted by molar-refractivity contribution is 6.33. The Hall–Kier alpha value is -1.34. The average molecular weight is 204 g/mol. The molecule has 0 saturated carbocycles. The molecule has 7 heteroatoms. The molecular formula is C7H7BF2O4. The molecule has 0 spiro atoms. The van der Waals surface area contributed by atoms with Crippen molar-refractivity contribution >= 4 is 7.32 Å². The van der Waals surface area contributed by atoms with Crippen LogP contribution in [0.4, 0.5) is 8.78 Å². The molecule has 0 aliphatic carbocycles. The highest BCUT2D eigenvalue weighted by atomic mass is 19.1. The molecule has 0 saturated heterocycles. The van der Waals surface area contributed by atoms with Gasteiger partial charge in [-0.3, -0.25) is 0 Å². The summed E-state index contributed by atoms with van der Waals surface area (Å²) >= 11 is 0. The van der Waals surface area contributed by atoms with E-state index >= 15 is 0 Å². The molecule has 0 aliphatic heterocycles. The Morgan fingerprint density at radius 3 is 2.43 bits per heavy atom. The number of halogens is 2. The monoisotopic (exact) mass is 204 g/mol. The minimum absolute atomic E-state index is 0.389. The quantitative estimate of drug-likeness (QED) is 0.696. The highest BCUT2D eigenvalue weighted by Crippen LogP contribution is 2.31. The lowest BCUT2D eigenvalue weighted by molar-refractivity contribution is 0.275. The van der Waals surface area contributed by atoms with Crippen molar-refractivity contribution in [3.8, 4) is 11.5 Å².